The van der Waals surface area contributed by atoms with Crippen LogP contribution in [-0.2, 0) is 24.2 Å². The van der Waals surface area contributed by atoms with E-state index in [1.165, 1.54) is 12.1 Å². The van der Waals surface area contributed by atoms with Crippen molar-refractivity contribution < 1.29 is 27.5 Å². The molecule has 0 aromatic heterocycles. The van der Waals surface area contributed by atoms with Gasteiger partial charge in [-0.15, -0.1) is 0 Å². The minimum atomic E-state index is -3.14. The van der Waals surface area contributed by atoms with Crippen molar-refractivity contribution in [3.05, 3.63) is 28.2 Å². The summed E-state index contributed by atoms with van der Waals surface area (Å²) in [6.07, 6.45) is 0.327. The van der Waals surface area contributed by atoms with E-state index in [1.807, 2.05) is 0 Å². The maximum Gasteiger partial charge on any atom is 0.344 e. The summed E-state index contributed by atoms with van der Waals surface area (Å²) < 4.78 is 33.0. The van der Waals surface area contributed by atoms with E-state index in [4.69, 9.17) is 32.7 Å². The first-order chi connectivity index (χ1) is 11.6. The van der Waals surface area contributed by atoms with E-state index in [-0.39, 0.29) is 22.3 Å². The fourth-order valence-electron chi connectivity index (χ4n) is 2.40. The zero-order chi connectivity index (χ0) is 18.7. The third-order valence-corrected chi connectivity index (χ3v) is 5.98. The van der Waals surface area contributed by atoms with Gasteiger partial charge in [0.05, 0.1) is 22.1 Å². The number of sulfone groups is 1. The molecule has 0 saturated carbocycles. The van der Waals surface area contributed by atoms with E-state index >= 15 is 0 Å². The van der Waals surface area contributed by atoms with Gasteiger partial charge >= 0.3 is 5.97 Å². The lowest BCUT2D eigenvalue weighted by Crippen LogP contribution is -2.48. The molecule has 1 N–H and O–H groups in total. The number of amides is 1. The Morgan fingerprint density at radius 3 is 2.60 bits per heavy atom. The summed E-state index contributed by atoms with van der Waals surface area (Å²) in [7, 11) is -3.14. The van der Waals surface area contributed by atoms with Crippen LogP contribution >= 0.6 is 23.2 Å². The first-order valence-corrected chi connectivity index (χ1v) is 9.91. The molecule has 0 unspecified atom stereocenters. The molecule has 0 spiro atoms. The Morgan fingerprint density at radius 1 is 1.28 bits per heavy atom. The van der Waals surface area contributed by atoms with E-state index in [0.29, 0.717) is 11.4 Å². The van der Waals surface area contributed by atoms with Gasteiger partial charge in [-0.3, -0.25) is 4.79 Å². The predicted molar refractivity (Wildman–Crippen MR) is 92.7 cm³/mol. The summed E-state index contributed by atoms with van der Waals surface area (Å²) in [6.45, 7) is 0.690. The highest BCUT2D eigenvalue weighted by atomic mass is 35.5. The van der Waals surface area contributed by atoms with Crippen molar-refractivity contribution in [1.82, 2.24) is 5.32 Å². The number of ether oxygens (including phenoxy) is 2. The third-order valence-electron chi connectivity index (χ3n) is 3.55. The molecule has 10 heteroatoms. The van der Waals surface area contributed by atoms with Gasteiger partial charge in [-0.05, 0) is 31.5 Å². The molecule has 1 fully saturated rings. The molecule has 1 amide bonds. The highest BCUT2D eigenvalue weighted by Gasteiger charge is 2.39. The molecule has 1 aromatic carbocycles. The fourth-order valence-corrected chi connectivity index (χ4v) is 4.95. The number of esters is 1. The normalized spacial score (nSPS) is 21.6. The largest absolute Gasteiger partial charge is 0.480 e. The van der Waals surface area contributed by atoms with Crippen LogP contribution in [0.25, 0.3) is 0 Å². The van der Waals surface area contributed by atoms with Crippen LogP contribution in [0.5, 0.6) is 5.75 Å². The Hall–Kier alpha value is -1.51. The monoisotopic (exact) mass is 409 g/mol. The number of carbonyl (C=O) groups excluding carboxylic acids is 2. The number of nitrogens with one attached hydrogen (secondary N) is 1. The Kier molecular flexibility index (Phi) is 6.18. The third kappa shape index (κ3) is 6.05. The number of rotatable bonds is 6. The van der Waals surface area contributed by atoms with Crippen molar-refractivity contribution in [3.63, 3.8) is 0 Å². The van der Waals surface area contributed by atoms with Crippen molar-refractivity contribution in [3.8, 4) is 5.75 Å². The van der Waals surface area contributed by atoms with E-state index in [0.717, 1.165) is 0 Å². The molecule has 1 aliphatic heterocycles. The average molecular weight is 410 g/mol. The van der Waals surface area contributed by atoms with Crippen LogP contribution in [-0.4, -0.2) is 50.6 Å². The Balaban J connectivity index is 1.75. The molecule has 2 rings (SSSR count). The lowest BCUT2D eigenvalue weighted by atomic mass is 10.0. The van der Waals surface area contributed by atoms with Crippen LogP contribution < -0.4 is 10.1 Å². The van der Waals surface area contributed by atoms with Crippen LogP contribution in [0.15, 0.2) is 18.2 Å². The molecule has 0 radical (unpaired) electrons. The average Bonchev–Trinajstić information content (AvgIpc) is 2.77. The quantitative estimate of drug-likeness (QED) is 0.716. The second-order valence-corrected chi connectivity index (χ2v) is 9.00. The number of benzene rings is 1. The smallest absolute Gasteiger partial charge is 0.344 e. The molecule has 1 heterocycles. The van der Waals surface area contributed by atoms with Gasteiger partial charge in [-0.2, -0.15) is 0 Å². The van der Waals surface area contributed by atoms with Gasteiger partial charge < -0.3 is 14.8 Å². The standard InChI is InChI=1S/C15H17Cl2NO6S/c1-15(4-5-25(21,22)9-15)18-13(19)7-24-14(20)8-23-12-3-2-10(16)6-11(12)17/h2-3,6H,4-5,7-9H2,1H3,(H,18,19)/t15-/m1/s1. The lowest BCUT2D eigenvalue weighted by Gasteiger charge is -2.23. The van der Waals surface area contributed by atoms with E-state index in [1.54, 1.807) is 13.0 Å². The number of hydrogen-bond acceptors (Lipinski definition) is 6. The molecule has 1 aliphatic rings. The van der Waals surface area contributed by atoms with Crippen molar-refractivity contribution >= 4 is 44.9 Å². The van der Waals surface area contributed by atoms with E-state index in [9.17, 15) is 18.0 Å². The highest BCUT2D eigenvalue weighted by Crippen LogP contribution is 2.27. The molecule has 1 atom stereocenters. The van der Waals surface area contributed by atoms with Gasteiger partial charge in [-0.25, -0.2) is 13.2 Å². The highest BCUT2D eigenvalue weighted by molar-refractivity contribution is 7.91. The van der Waals surface area contributed by atoms with Crippen LogP contribution in [0.1, 0.15) is 13.3 Å². The molecular formula is C15H17Cl2NO6S. The first kappa shape index (κ1) is 19.8. The minimum absolute atomic E-state index is 0.0270. The summed E-state index contributed by atoms with van der Waals surface area (Å²) in [4.78, 5) is 23.5. The number of carbonyl (C=O) groups is 2. The molecule has 0 aliphatic carbocycles. The van der Waals surface area contributed by atoms with E-state index in [2.05, 4.69) is 5.32 Å². The Labute approximate surface area is 155 Å². The predicted octanol–water partition coefficient (Wildman–Crippen LogP) is 1.61. The second kappa shape index (κ2) is 7.80. The Bertz CT molecular complexity index is 782. The zero-order valence-corrected chi connectivity index (χ0v) is 15.7. The van der Waals surface area contributed by atoms with Crippen molar-refractivity contribution in [2.45, 2.75) is 18.9 Å². The molecule has 1 aromatic rings. The summed E-state index contributed by atoms with van der Waals surface area (Å²) in [6, 6.07) is 4.53. The van der Waals surface area contributed by atoms with Crippen LogP contribution in [0.4, 0.5) is 0 Å². The molecule has 7 nitrogen and oxygen atoms in total. The van der Waals surface area contributed by atoms with Crippen LogP contribution in [0, 0.1) is 0 Å². The van der Waals surface area contributed by atoms with Gasteiger partial charge in [0.2, 0.25) is 0 Å². The Morgan fingerprint density at radius 2 is 2.00 bits per heavy atom. The molecule has 138 valence electrons. The topological polar surface area (TPSA) is 98.8 Å². The van der Waals surface area contributed by atoms with Gasteiger partial charge in [-0.1, -0.05) is 23.2 Å². The maximum absolute atomic E-state index is 11.8. The summed E-state index contributed by atoms with van der Waals surface area (Å²) in [5.74, 6) is -1.17. The number of halogens is 2. The minimum Gasteiger partial charge on any atom is -0.480 e. The lowest BCUT2D eigenvalue weighted by molar-refractivity contribution is -0.150. The van der Waals surface area contributed by atoms with Gasteiger partial charge in [0.1, 0.15) is 5.75 Å². The van der Waals surface area contributed by atoms with Gasteiger partial charge in [0, 0.05) is 5.02 Å². The van der Waals surface area contributed by atoms with Crippen LogP contribution in [0.3, 0.4) is 0 Å². The van der Waals surface area contributed by atoms with Crippen molar-refractivity contribution in [1.29, 1.82) is 0 Å². The second-order valence-electron chi connectivity index (χ2n) is 5.97. The summed E-state index contributed by atoms with van der Waals surface area (Å²) >= 11 is 11.6. The first-order valence-electron chi connectivity index (χ1n) is 7.33. The SMILES string of the molecule is C[C@@]1(NC(=O)COC(=O)COc2ccc(Cl)cc2Cl)CCS(=O)(=O)C1. The molecular weight excluding hydrogens is 393 g/mol. The van der Waals surface area contributed by atoms with E-state index < -0.39 is 40.5 Å². The van der Waals surface area contributed by atoms with Crippen molar-refractivity contribution in [2.24, 2.45) is 0 Å². The van der Waals surface area contributed by atoms with Gasteiger partial charge in [0.25, 0.3) is 5.91 Å². The molecule has 0 bridgehead atoms. The number of hydrogen-bond donors (Lipinski definition) is 1. The van der Waals surface area contributed by atoms with Crippen molar-refractivity contribution in [2.75, 3.05) is 24.7 Å². The molecule has 1 saturated heterocycles. The summed E-state index contributed by atoms with van der Waals surface area (Å²) in [5, 5.41) is 3.26. The fraction of sp³-hybridized carbons (Fsp3) is 0.467. The summed E-state index contributed by atoms with van der Waals surface area (Å²) in [5.41, 5.74) is -0.838. The van der Waals surface area contributed by atoms with Crippen LogP contribution in [0.2, 0.25) is 10.0 Å². The van der Waals surface area contributed by atoms with Gasteiger partial charge in [0.15, 0.2) is 23.1 Å². The molecule has 25 heavy (non-hydrogen) atoms. The maximum atomic E-state index is 11.8. The zero-order valence-electron chi connectivity index (χ0n) is 13.4.